The first-order valence-electron chi connectivity index (χ1n) is 10.6. The number of allylic oxidation sites excluding steroid dienone is 4. The molecule has 4 heteroatoms. The first kappa shape index (κ1) is 17.0. The van der Waals surface area contributed by atoms with E-state index in [4.69, 9.17) is 0 Å². The molecule has 6 rings (SSSR count). The van der Waals surface area contributed by atoms with Gasteiger partial charge >= 0.3 is 0 Å². The van der Waals surface area contributed by atoms with Crippen molar-refractivity contribution in [3.63, 3.8) is 0 Å². The van der Waals surface area contributed by atoms with Crippen LogP contribution in [0.15, 0.2) is 60.7 Å². The van der Waals surface area contributed by atoms with Gasteiger partial charge in [0.15, 0.2) is 0 Å². The van der Waals surface area contributed by atoms with Crippen LogP contribution in [0.25, 0.3) is 0 Å². The molecular weight excluding hydrogens is 360 g/mol. The van der Waals surface area contributed by atoms with Crippen molar-refractivity contribution >= 4 is 11.4 Å². The van der Waals surface area contributed by atoms with Crippen molar-refractivity contribution in [2.75, 3.05) is 11.4 Å². The largest absolute Gasteiger partial charge is 0.363 e. The molecule has 0 N–H and O–H groups in total. The number of hydrogen-bond donors (Lipinski definition) is 0. The number of aryl methyl sites for hydroxylation is 1. The minimum atomic E-state index is -0.309. The van der Waals surface area contributed by atoms with Gasteiger partial charge in [-0.3, -0.25) is 10.1 Å². The molecule has 0 spiro atoms. The van der Waals surface area contributed by atoms with E-state index >= 15 is 0 Å². The quantitative estimate of drug-likeness (QED) is 0.374. The summed E-state index contributed by atoms with van der Waals surface area (Å²) in [4.78, 5) is 13.5. The minimum absolute atomic E-state index is 0.168. The number of nitrogens with zero attached hydrogens (tertiary/aromatic N) is 2. The van der Waals surface area contributed by atoms with Crippen LogP contribution in [0.1, 0.15) is 53.0 Å². The van der Waals surface area contributed by atoms with Gasteiger partial charge in [-0.2, -0.15) is 0 Å². The first-order chi connectivity index (χ1) is 14.1. The highest BCUT2D eigenvalue weighted by Crippen LogP contribution is 2.58. The number of nitro groups is 1. The van der Waals surface area contributed by atoms with Gasteiger partial charge in [-0.25, -0.2) is 0 Å². The molecule has 2 aromatic rings. The van der Waals surface area contributed by atoms with Crippen LogP contribution >= 0.6 is 0 Å². The van der Waals surface area contributed by atoms with Crippen LogP contribution < -0.4 is 4.90 Å². The Balaban J connectivity index is 1.54. The summed E-state index contributed by atoms with van der Waals surface area (Å²) in [6.07, 6.45) is 11.7. The monoisotopic (exact) mass is 384 g/mol. The molecule has 0 bridgehead atoms. The molecule has 4 nitrogen and oxygen atoms in total. The lowest BCUT2D eigenvalue weighted by Gasteiger charge is -2.51. The lowest BCUT2D eigenvalue weighted by Crippen LogP contribution is -2.46. The van der Waals surface area contributed by atoms with Gasteiger partial charge in [0, 0.05) is 36.2 Å². The maximum Gasteiger partial charge on any atom is 0.269 e. The van der Waals surface area contributed by atoms with E-state index in [0.29, 0.717) is 23.7 Å². The van der Waals surface area contributed by atoms with E-state index < -0.39 is 0 Å². The van der Waals surface area contributed by atoms with Crippen LogP contribution in [0, 0.1) is 28.9 Å². The molecule has 0 amide bonds. The first-order valence-corrected chi connectivity index (χ1v) is 10.6. The fourth-order valence-corrected chi connectivity index (χ4v) is 6.30. The summed E-state index contributed by atoms with van der Waals surface area (Å²) in [5.41, 5.74) is 7.12. The van der Waals surface area contributed by atoms with Crippen LogP contribution in [-0.2, 0) is 0 Å². The molecule has 0 fully saturated rings. The van der Waals surface area contributed by atoms with Crippen molar-refractivity contribution in [3.05, 3.63) is 93.1 Å². The molecule has 0 aromatic heterocycles. The third-order valence-corrected chi connectivity index (χ3v) is 7.44. The second kappa shape index (κ2) is 6.06. The van der Waals surface area contributed by atoms with Gasteiger partial charge in [0.2, 0.25) is 0 Å². The number of rotatable bonds is 2. The number of nitro benzene ring substituents is 1. The van der Waals surface area contributed by atoms with Gasteiger partial charge in [-0.05, 0) is 48.3 Å². The summed E-state index contributed by atoms with van der Waals surface area (Å²) < 4.78 is 0. The Kier molecular flexibility index (Phi) is 3.55. The second-order valence-corrected chi connectivity index (χ2v) is 9.04. The molecule has 5 atom stereocenters. The number of hydrogen-bond acceptors (Lipinski definition) is 3. The molecule has 0 radical (unpaired) electrons. The predicted octanol–water partition coefficient (Wildman–Crippen LogP) is 5.80. The van der Waals surface area contributed by atoms with Crippen LogP contribution in [0.3, 0.4) is 0 Å². The van der Waals surface area contributed by atoms with E-state index in [1.807, 2.05) is 12.1 Å². The summed E-state index contributed by atoms with van der Waals surface area (Å²) in [7, 11) is 0. The average Bonchev–Trinajstić information content (AvgIpc) is 3.37. The normalized spacial score (nSPS) is 30.8. The van der Waals surface area contributed by atoms with E-state index in [2.05, 4.69) is 48.3 Å². The average molecular weight is 384 g/mol. The van der Waals surface area contributed by atoms with Crippen molar-refractivity contribution in [1.29, 1.82) is 0 Å². The highest BCUT2D eigenvalue weighted by molar-refractivity contribution is 5.70. The number of anilines is 1. The Hall–Kier alpha value is -2.88. The molecule has 2 heterocycles. The zero-order valence-electron chi connectivity index (χ0n) is 16.5. The number of fused-ring (bicyclic) bond motifs is 4. The van der Waals surface area contributed by atoms with Gasteiger partial charge in [0.1, 0.15) is 0 Å². The molecule has 146 valence electrons. The van der Waals surface area contributed by atoms with E-state index in [9.17, 15) is 10.1 Å². The van der Waals surface area contributed by atoms with Gasteiger partial charge in [0.25, 0.3) is 5.69 Å². The van der Waals surface area contributed by atoms with Gasteiger partial charge in [0.05, 0.1) is 11.0 Å². The molecule has 0 saturated carbocycles. The van der Waals surface area contributed by atoms with Crippen molar-refractivity contribution in [3.8, 4) is 0 Å². The Bertz CT molecular complexity index is 1050. The smallest absolute Gasteiger partial charge is 0.269 e. The van der Waals surface area contributed by atoms with Crippen LogP contribution in [0.2, 0.25) is 0 Å². The second-order valence-electron chi connectivity index (χ2n) is 9.04. The zero-order chi connectivity index (χ0) is 19.7. The van der Waals surface area contributed by atoms with Crippen molar-refractivity contribution in [2.45, 2.75) is 37.6 Å². The van der Waals surface area contributed by atoms with E-state index in [1.54, 1.807) is 12.1 Å². The highest BCUT2D eigenvalue weighted by Gasteiger charge is 2.47. The van der Waals surface area contributed by atoms with Crippen LogP contribution in [0.4, 0.5) is 11.4 Å². The lowest BCUT2D eigenvalue weighted by molar-refractivity contribution is -0.384. The third kappa shape index (κ3) is 2.38. The number of non-ortho nitro benzene ring substituents is 1. The van der Waals surface area contributed by atoms with E-state index in [1.165, 1.54) is 27.9 Å². The van der Waals surface area contributed by atoms with Crippen molar-refractivity contribution in [1.82, 2.24) is 0 Å². The lowest BCUT2D eigenvalue weighted by atomic mass is 9.70. The molecular formula is C25H24N2O2. The maximum atomic E-state index is 11.1. The van der Waals surface area contributed by atoms with Crippen molar-refractivity contribution < 1.29 is 4.92 Å². The molecule has 0 unspecified atom stereocenters. The Morgan fingerprint density at radius 3 is 2.45 bits per heavy atom. The minimum Gasteiger partial charge on any atom is -0.363 e. The van der Waals surface area contributed by atoms with E-state index in [-0.39, 0.29) is 16.7 Å². The van der Waals surface area contributed by atoms with Crippen LogP contribution in [-0.4, -0.2) is 11.5 Å². The SMILES string of the molecule is Cc1cc2c3c(c1)[C@@H]1C=CC[C@@H]1[C@H](c1ccc([N+](=O)[O-])cc1)N3C[C@H]1CC=C[C@@H]21. The fourth-order valence-electron chi connectivity index (χ4n) is 6.30. The summed E-state index contributed by atoms with van der Waals surface area (Å²) in [6, 6.07) is 12.4. The molecule has 4 aliphatic rings. The summed E-state index contributed by atoms with van der Waals surface area (Å²) in [5.74, 6) is 2.08. The van der Waals surface area contributed by atoms with Gasteiger partial charge in [-0.15, -0.1) is 0 Å². The summed E-state index contributed by atoms with van der Waals surface area (Å²) in [6.45, 7) is 3.28. The highest BCUT2D eigenvalue weighted by atomic mass is 16.6. The summed E-state index contributed by atoms with van der Waals surface area (Å²) >= 11 is 0. The molecule has 0 saturated heterocycles. The topological polar surface area (TPSA) is 46.4 Å². The molecule has 2 aliphatic heterocycles. The van der Waals surface area contributed by atoms with Crippen LogP contribution in [0.5, 0.6) is 0 Å². The molecule has 29 heavy (non-hydrogen) atoms. The molecule has 2 aliphatic carbocycles. The standard InChI is InChI=1S/C25H24N2O2/c1-15-12-22-19-5-2-4-17(19)14-26-24(16-8-10-18(11-9-16)27(28)29)21-7-3-6-20(21)23(13-15)25(22)26/h2-3,5-6,8-13,17,19-21,24H,4,7,14H2,1H3/t17-,19-,20-,21+,24+/m1/s1. The summed E-state index contributed by atoms with van der Waals surface area (Å²) in [5, 5.41) is 11.1. The number of benzene rings is 2. The Morgan fingerprint density at radius 2 is 1.69 bits per heavy atom. The third-order valence-electron chi connectivity index (χ3n) is 7.44. The van der Waals surface area contributed by atoms with E-state index in [0.717, 1.165) is 19.4 Å². The fraction of sp³-hybridized carbons (Fsp3) is 0.360. The zero-order valence-corrected chi connectivity index (χ0v) is 16.5. The predicted molar refractivity (Wildman–Crippen MR) is 114 cm³/mol. The molecule has 2 aromatic carbocycles. The van der Waals surface area contributed by atoms with Crippen molar-refractivity contribution in [2.24, 2.45) is 11.8 Å². The Morgan fingerprint density at radius 1 is 1.00 bits per heavy atom. The van der Waals surface area contributed by atoms with Gasteiger partial charge in [-0.1, -0.05) is 54.1 Å². The van der Waals surface area contributed by atoms with Gasteiger partial charge < -0.3 is 4.90 Å². The Labute approximate surface area is 170 Å². The maximum absolute atomic E-state index is 11.1.